The van der Waals surface area contributed by atoms with Gasteiger partial charge in [-0.1, -0.05) is 13.8 Å². The van der Waals surface area contributed by atoms with Crippen LogP contribution in [-0.4, -0.2) is 70.1 Å². The second-order valence-corrected chi connectivity index (χ2v) is 8.62. The number of carbonyl (C=O) groups excluding carboxylic acids is 2. The first-order chi connectivity index (χ1) is 13.9. The Balaban J connectivity index is 1.48. The predicted molar refractivity (Wildman–Crippen MR) is 112 cm³/mol. The van der Waals surface area contributed by atoms with Crippen molar-refractivity contribution < 1.29 is 9.59 Å². The van der Waals surface area contributed by atoms with Crippen LogP contribution in [0.3, 0.4) is 0 Å². The van der Waals surface area contributed by atoms with Gasteiger partial charge in [0.2, 0.25) is 5.91 Å². The van der Waals surface area contributed by atoms with Crippen LogP contribution in [0, 0.1) is 5.92 Å². The zero-order valence-corrected chi connectivity index (χ0v) is 17.5. The van der Waals surface area contributed by atoms with Crippen LogP contribution in [-0.2, 0) is 11.3 Å². The predicted octanol–water partition coefficient (Wildman–Crippen LogP) is 1.94. The maximum absolute atomic E-state index is 12.2. The molecule has 8 nitrogen and oxygen atoms in total. The minimum absolute atomic E-state index is 0.228. The van der Waals surface area contributed by atoms with Crippen LogP contribution in [0.25, 0.3) is 5.52 Å². The topological polar surface area (TPSA) is 73.2 Å². The summed E-state index contributed by atoms with van der Waals surface area (Å²) in [6.45, 7) is 12.5. The van der Waals surface area contributed by atoms with E-state index in [1.54, 1.807) is 15.6 Å². The minimum atomic E-state index is -0.378. The molecule has 2 aromatic heterocycles. The molecule has 2 aliphatic heterocycles. The Bertz CT molecular complexity index is 908. The van der Waals surface area contributed by atoms with Crippen LogP contribution in [0.5, 0.6) is 0 Å². The molecule has 2 aliphatic rings. The molecule has 2 aromatic rings. The highest BCUT2D eigenvalue weighted by Gasteiger charge is 2.27. The molecule has 0 saturated carbocycles. The molecule has 4 rings (SSSR count). The van der Waals surface area contributed by atoms with E-state index in [0.717, 1.165) is 43.9 Å². The van der Waals surface area contributed by atoms with Crippen LogP contribution < -0.4 is 10.2 Å². The van der Waals surface area contributed by atoms with Gasteiger partial charge in [-0.2, -0.15) is 5.10 Å². The highest BCUT2D eigenvalue weighted by atomic mass is 16.2. The Hall–Kier alpha value is -2.45. The lowest BCUT2D eigenvalue weighted by atomic mass is 10.1. The summed E-state index contributed by atoms with van der Waals surface area (Å²) in [5.41, 5.74) is 2.84. The smallest absolute Gasteiger partial charge is 0.298 e. The largest absolute Gasteiger partial charge is 0.328 e. The first kappa shape index (κ1) is 19.8. The highest BCUT2D eigenvalue weighted by Crippen LogP contribution is 2.25. The molecule has 3 amide bonds. The van der Waals surface area contributed by atoms with Crippen LogP contribution in [0.15, 0.2) is 24.5 Å². The molecule has 1 N–H and O–H groups in total. The molecule has 0 aliphatic carbocycles. The zero-order valence-electron chi connectivity index (χ0n) is 17.5. The molecule has 0 unspecified atom stereocenters. The Morgan fingerprint density at radius 1 is 1.24 bits per heavy atom. The SMILES string of the molecule is CC(C)CN1CCN(Cc2ccn3ncc(N4CCC(=O)NC4=O)c3c2)C[C@@H]1C. The highest BCUT2D eigenvalue weighted by molar-refractivity contribution is 6.07. The van der Waals surface area contributed by atoms with E-state index in [1.807, 2.05) is 6.20 Å². The molecule has 29 heavy (non-hydrogen) atoms. The van der Waals surface area contributed by atoms with Crippen molar-refractivity contribution in [3.05, 3.63) is 30.1 Å². The number of fused-ring (bicyclic) bond motifs is 1. The number of amides is 3. The van der Waals surface area contributed by atoms with E-state index in [4.69, 9.17) is 0 Å². The van der Waals surface area contributed by atoms with Gasteiger partial charge >= 0.3 is 6.03 Å². The van der Waals surface area contributed by atoms with Crippen molar-refractivity contribution in [1.82, 2.24) is 24.7 Å². The summed E-state index contributed by atoms with van der Waals surface area (Å²) in [4.78, 5) is 30.4. The van der Waals surface area contributed by atoms with Gasteiger partial charge in [0.05, 0.1) is 17.4 Å². The molecule has 156 valence electrons. The molecule has 0 radical (unpaired) electrons. The Kier molecular flexibility index (Phi) is 5.56. The quantitative estimate of drug-likeness (QED) is 0.833. The van der Waals surface area contributed by atoms with Crippen molar-refractivity contribution in [2.24, 2.45) is 5.92 Å². The van der Waals surface area contributed by atoms with Gasteiger partial charge in [0.1, 0.15) is 0 Å². The van der Waals surface area contributed by atoms with Gasteiger partial charge in [-0.25, -0.2) is 9.31 Å². The Morgan fingerprint density at radius 2 is 2.07 bits per heavy atom. The number of rotatable bonds is 5. The van der Waals surface area contributed by atoms with Crippen molar-refractivity contribution in [3.8, 4) is 0 Å². The zero-order chi connectivity index (χ0) is 20.5. The summed E-state index contributed by atoms with van der Waals surface area (Å²) in [5.74, 6) is 0.461. The normalized spacial score (nSPS) is 21.9. The van der Waals surface area contributed by atoms with Gasteiger partial charge in [-0.15, -0.1) is 0 Å². The lowest BCUT2D eigenvalue weighted by molar-refractivity contribution is -0.120. The summed E-state index contributed by atoms with van der Waals surface area (Å²) in [7, 11) is 0. The summed E-state index contributed by atoms with van der Waals surface area (Å²) in [6.07, 6.45) is 3.95. The number of hydrogen-bond donors (Lipinski definition) is 1. The number of urea groups is 1. The molecule has 0 bridgehead atoms. The van der Waals surface area contributed by atoms with Gasteiger partial charge in [0.15, 0.2) is 0 Å². The van der Waals surface area contributed by atoms with Crippen molar-refractivity contribution in [2.45, 2.75) is 39.8 Å². The van der Waals surface area contributed by atoms with Crippen molar-refractivity contribution in [3.63, 3.8) is 0 Å². The van der Waals surface area contributed by atoms with Crippen molar-refractivity contribution in [1.29, 1.82) is 0 Å². The second-order valence-electron chi connectivity index (χ2n) is 8.62. The molecule has 4 heterocycles. The van der Waals surface area contributed by atoms with E-state index in [0.29, 0.717) is 24.9 Å². The van der Waals surface area contributed by atoms with E-state index < -0.39 is 0 Å². The van der Waals surface area contributed by atoms with E-state index in [-0.39, 0.29) is 11.9 Å². The van der Waals surface area contributed by atoms with Gasteiger partial charge in [-0.05, 0) is 30.5 Å². The maximum atomic E-state index is 12.2. The van der Waals surface area contributed by atoms with Crippen LogP contribution in [0.1, 0.15) is 32.8 Å². The molecule has 8 heteroatoms. The third-order valence-corrected chi connectivity index (χ3v) is 5.77. The average molecular weight is 399 g/mol. The molecular weight excluding hydrogens is 368 g/mol. The van der Waals surface area contributed by atoms with Crippen LogP contribution in [0.2, 0.25) is 0 Å². The number of anilines is 1. The van der Waals surface area contributed by atoms with Gasteiger partial charge in [0, 0.05) is 57.9 Å². The molecule has 2 fully saturated rings. The summed E-state index contributed by atoms with van der Waals surface area (Å²) < 4.78 is 1.78. The number of carbonyl (C=O) groups is 2. The first-order valence-corrected chi connectivity index (χ1v) is 10.4. The second kappa shape index (κ2) is 8.12. The Morgan fingerprint density at radius 3 is 2.79 bits per heavy atom. The lowest BCUT2D eigenvalue weighted by Crippen LogP contribution is -2.52. The third kappa shape index (κ3) is 4.28. The Labute approximate surface area is 171 Å². The molecule has 2 saturated heterocycles. The molecule has 0 spiro atoms. The number of piperazine rings is 1. The lowest BCUT2D eigenvalue weighted by Gasteiger charge is -2.40. The van der Waals surface area contributed by atoms with Gasteiger partial charge in [0.25, 0.3) is 0 Å². The fourth-order valence-corrected chi connectivity index (χ4v) is 4.32. The van der Waals surface area contributed by atoms with E-state index >= 15 is 0 Å². The van der Waals surface area contributed by atoms with Crippen molar-refractivity contribution >= 4 is 23.1 Å². The van der Waals surface area contributed by atoms with E-state index in [1.165, 1.54) is 5.56 Å². The summed E-state index contributed by atoms with van der Waals surface area (Å²) in [5, 5.41) is 6.76. The minimum Gasteiger partial charge on any atom is -0.298 e. The number of nitrogens with zero attached hydrogens (tertiary/aromatic N) is 5. The number of imide groups is 1. The fraction of sp³-hybridized carbons (Fsp3) is 0.571. The number of aromatic nitrogens is 2. The third-order valence-electron chi connectivity index (χ3n) is 5.77. The molecule has 0 aromatic carbocycles. The number of pyridine rings is 1. The maximum Gasteiger partial charge on any atom is 0.328 e. The first-order valence-electron chi connectivity index (χ1n) is 10.4. The fourth-order valence-electron chi connectivity index (χ4n) is 4.32. The van der Waals surface area contributed by atoms with E-state index in [2.05, 4.69) is 53.1 Å². The number of hydrogen-bond acceptors (Lipinski definition) is 5. The van der Waals surface area contributed by atoms with Gasteiger partial charge < -0.3 is 0 Å². The standard InChI is InChI=1S/C21H30N6O2/c1-15(2)12-25-9-8-24(13-16(25)3)14-17-4-7-27-18(10-17)19(11-22-27)26-6-5-20(28)23-21(26)29/h4,7,10-11,15-16H,5-6,8-9,12-14H2,1-3H3,(H,23,28,29)/t16-/m0/s1. The summed E-state index contributed by atoms with van der Waals surface area (Å²) >= 11 is 0. The molecule has 1 atom stereocenters. The monoisotopic (exact) mass is 398 g/mol. The van der Waals surface area contributed by atoms with Crippen molar-refractivity contribution in [2.75, 3.05) is 37.6 Å². The van der Waals surface area contributed by atoms with E-state index in [9.17, 15) is 9.59 Å². The average Bonchev–Trinajstić information content (AvgIpc) is 3.07. The van der Waals surface area contributed by atoms with Gasteiger partial charge in [-0.3, -0.25) is 24.8 Å². The molecular formula is C21H30N6O2. The van der Waals surface area contributed by atoms with Crippen LogP contribution in [0.4, 0.5) is 10.5 Å². The summed E-state index contributed by atoms with van der Waals surface area (Å²) in [6, 6.07) is 4.37. The van der Waals surface area contributed by atoms with Crippen LogP contribution >= 0.6 is 0 Å². The number of nitrogens with one attached hydrogen (secondary N) is 1.